The van der Waals surface area contributed by atoms with Gasteiger partial charge in [-0.15, -0.1) is 11.8 Å². The van der Waals surface area contributed by atoms with Crippen LogP contribution in [0, 0.1) is 5.41 Å². The Kier molecular flexibility index (Phi) is 5.86. The predicted octanol–water partition coefficient (Wildman–Crippen LogP) is 3.41. The lowest BCUT2D eigenvalue weighted by atomic mass is 9.84. The normalized spacial score (nSPS) is 12.9. The van der Waals surface area contributed by atoms with Crippen LogP contribution in [-0.2, 0) is 12.2 Å². The molecule has 0 fully saturated rings. The monoisotopic (exact) mass is 285 g/mol. The van der Waals surface area contributed by atoms with Crippen molar-refractivity contribution in [2.24, 2.45) is 11.1 Å². The minimum Gasteiger partial charge on any atom is -0.339 e. The highest BCUT2D eigenvalue weighted by atomic mass is 32.2. The summed E-state index contributed by atoms with van der Waals surface area (Å²) >= 11 is 1.83. The third-order valence-electron chi connectivity index (χ3n) is 2.98. The third-order valence-corrected chi connectivity index (χ3v) is 4.25. The van der Waals surface area contributed by atoms with Gasteiger partial charge in [0.05, 0.1) is 5.75 Å². The van der Waals surface area contributed by atoms with Gasteiger partial charge in [-0.2, -0.15) is 4.98 Å². The van der Waals surface area contributed by atoms with Crippen molar-refractivity contribution in [3.8, 4) is 0 Å². The quantitative estimate of drug-likeness (QED) is 0.831. The van der Waals surface area contributed by atoms with E-state index < -0.39 is 0 Å². The Labute approximate surface area is 120 Å². The van der Waals surface area contributed by atoms with E-state index in [0.717, 1.165) is 43.3 Å². The van der Waals surface area contributed by atoms with Crippen LogP contribution in [0.5, 0.6) is 0 Å². The van der Waals surface area contributed by atoms with Crippen molar-refractivity contribution in [1.82, 2.24) is 10.1 Å². The van der Waals surface area contributed by atoms with Crippen LogP contribution in [0.1, 0.15) is 59.2 Å². The van der Waals surface area contributed by atoms with E-state index in [1.165, 1.54) is 0 Å². The van der Waals surface area contributed by atoms with E-state index in [9.17, 15) is 0 Å². The molecule has 0 radical (unpaired) electrons. The van der Waals surface area contributed by atoms with Crippen LogP contribution in [0.25, 0.3) is 0 Å². The second-order valence-corrected chi connectivity index (χ2v) is 8.51. The van der Waals surface area contributed by atoms with Gasteiger partial charge in [0, 0.05) is 11.2 Å². The summed E-state index contributed by atoms with van der Waals surface area (Å²) in [6.07, 6.45) is 2.88. The van der Waals surface area contributed by atoms with Crippen LogP contribution in [0.15, 0.2) is 4.52 Å². The molecule has 110 valence electrons. The van der Waals surface area contributed by atoms with E-state index in [4.69, 9.17) is 10.3 Å². The maximum Gasteiger partial charge on any atom is 0.226 e. The highest BCUT2D eigenvalue weighted by molar-refractivity contribution is 7.99. The molecule has 0 aliphatic rings. The fourth-order valence-electron chi connectivity index (χ4n) is 1.69. The van der Waals surface area contributed by atoms with Gasteiger partial charge in [0.15, 0.2) is 5.82 Å². The first kappa shape index (κ1) is 16.5. The third kappa shape index (κ3) is 6.97. The van der Waals surface area contributed by atoms with E-state index in [-0.39, 0.29) is 10.2 Å². The minimum atomic E-state index is 0.226. The molecule has 1 heterocycles. The number of aromatic nitrogens is 2. The molecule has 0 saturated carbocycles. The number of thioether (sulfide) groups is 1. The molecule has 1 rings (SSSR count). The standard InChI is InChI=1S/C14H27N3OS/c1-13(2,3)19-10-11-16-12(18-17-11)6-7-14(4,5)8-9-15/h6-10,15H2,1-5H3. The second-order valence-electron chi connectivity index (χ2n) is 6.71. The molecule has 0 atom stereocenters. The lowest BCUT2D eigenvalue weighted by Crippen LogP contribution is -2.17. The molecule has 0 aliphatic carbocycles. The lowest BCUT2D eigenvalue weighted by Gasteiger charge is -2.22. The molecule has 0 aromatic carbocycles. The summed E-state index contributed by atoms with van der Waals surface area (Å²) in [5.41, 5.74) is 5.85. The van der Waals surface area contributed by atoms with Crippen molar-refractivity contribution in [3.63, 3.8) is 0 Å². The van der Waals surface area contributed by atoms with Crippen molar-refractivity contribution in [2.75, 3.05) is 6.54 Å². The zero-order valence-corrected chi connectivity index (χ0v) is 13.6. The van der Waals surface area contributed by atoms with Gasteiger partial charge >= 0.3 is 0 Å². The summed E-state index contributed by atoms with van der Waals surface area (Å²) in [5, 5.41) is 4.03. The van der Waals surface area contributed by atoms with Crippen LogP contribution in [0.4, 0.5) is 0 Å². The van der Waals surface area contributed by atoms with Gasteiger partial charge in [0.1, 0.15) is 0 Å². The smallest absolute Gasteiger partial charge is 0.226 e. The van der Waals surface area contributed by atoms with Gasteiger partial charge in [-0.25, -0.2) is 0 Å². The topological polar surface area (TPSA) is 64.9 Å². The van der Waals surface area contributed by atoms with E-state index in [0.29, 0.717) is 0 Å². The molecule has 0 unspecified atom stereocenters. The molecule has 0 saturated heterocycles. The Morgan fingerprint density at radius 1 is 1.16 bits per heavy atom. The van der Waals surface area contributed by atoms with Gasteiger partial charge in [-0.05, 0) is 24.8 Å². The highest BCUT2D eigenvalue weighted by Gasteiger charge is 2.19. The first-order valence-electron chi connectivity index (χ1n) is 6.87. The summed E-state index contributed by atoms with van der Waals surface area (Å²) in [4.78, 5) is 4.45. The molecule has 0 bridgehead atoms. The minimum absolute atomic E-state index is 0.226. The van der Waals surface area contributed by atoms with Crippen LogP contribution in [0.3, 0.4) is 0 Å². The summed E-state index contributed by atoms with van der Waals surface area (Å²) in [5.74, 6) is 2.35. The van der Waals surface area contributed by atoms with Crippen molar-refractivity contribution >= 4 is 11.8 Å². The van der Waals surface area contributed by atoms with Gasteiger partial charge < -0.3 is 10.3 Å². The molecular weight excluding hydrogens is 258 g/mol. The van der Waals surface area contributed by atoms with E-state index in [2.05, 4.69) is 44.8 Å². The SMILES string of the molecule is CC(C)(CCN)CCc1nc(CSC(C)(C)C)no1. The highest BCUT2D eigenvalue weighted by Crippen LogP contribution is 2.27. The predicted molar refractivity (Wildman–Crippen MR) is 81.1 cm³/mol. The number of hydrogen-bond donors (Lipinski definition) is 1. The zero-order chi connectivity index (χ0) is 14.5. The molecule has 19 heavy (non-hydrogen) atoms. The number of hydrogen-bond acceptors (Lipinski definition) is 5. The Bertz CT molecular complexity index is 382. The number of nitrogens with zero attached hydrogens (tertiary/aromatic N) is 2. The van der Waals surface area contributed by atoms with Crippen LogP contribution in [0.2, 0.25) is 0 Å². The summed E-state index contributed by atoms with van der Waals surface area (Å²) in [6.45, 7) is 11.7. The molecule has 5 heteroatoms. The lowest BCUT2D eigenvalue weighted by molar-refractivity contribution is 0.289. The first-order valence-corrected chi connectivity index (χ1v) is 7.86. The first-order chi connectivity index (χ1) is 8.72. The molecule has 0 aliphatic heterocycles. The number of nitrogens with two attached hydrogens (primary N) is 1. The molecular formula is C14H27N3OS. The second kappa shape index (κ2) is 6.75. The van der Waals surface area contributed by atoms with Gasteiger partial charge in [-0.1, -0.05) is 39.8 Å². The zero-order valence-electron chi connectivity index (χ0n) is 12.8. The Morgan fingerprint density at radius 2 is 1.84 bits per heavy atom. The van der Waals surface area contributed by atoms with Gasteiger partial charge in [0.25, 0.3) is 0 Å². The fourth-order valence-corrected chi connectivity index (χ4v) is 2.37. The fraction of sp³-hybridized carbons (Fsp3) is 0.857. The molecule has 1 aromatic heterocycles. The largest absolute Gasteiger partial charge is 0.339 e. The molecule has 2 N–H and O–H groups in total. The Morgan fingerprint density at radius 3 is 2.42 bits per heavy atom. The maximum atomic E-state index is 5.61. The maximum absolute atomic E-state index is 5.61. The average molecular weight is 285 g/mol. The summed E-state index contributed by atoms with van der Waals surface area (Å²) in [7, 11) is 0. The van der Waals surface area contributed by atoms with Crippen molar-refractivity contribution < 1.29 is 4.52 Å². The number of rotatable bonds is 7. The van der Waals surface area contributed by atoms with Crippen LogP contribution < -0.4 is 5.73 Å². The summed E-state index contributed by atoms with van der Waals surface area (Å²) in [6, 6.07) is 0. The number of aryl methyl sites for hydroxylation is 1. The van der Waals surface area contributed by atoms with Crippen LogP contribution >= 0.6 is 11.8 Å². The van der Waals surface area contributed by atoms with E-state index in [1.54, 1.807) is 0 Å². The van der Waals surface area contributed by atoms with E-state index in [1.807, 2.05) is 11.8 Å². The molecule has 4 nitrogen and oxygen atoms in total. The van der Waals surface area contributed by atoms with Crippen molar-refractivity contribution in [2.45, 2.75) is 64.4 Å². The molecule has 1 aromatic rings. The molecule has 0 amide bonds. The van der Waals surface area contributed by atoms with Crippen molar-refractivity contribution in [3.05, 3.63) is 11.7 Å². The van der Waals surface area contributed by atoms with Crippen molar-refractivity contribution in [1.29, 1.82) is 0 Å². The molecule has 0 spiro atoms. The van der Waals surface area contributed by atoms with Crippen LogP contribution in [-0.4, -0.2) is 21.4 Å². The van der Waals surface area contributed by atoms with Gasteiger partial charge in [-0.3, -0.25) is 0 Å². The summed E-state index contributed by atoms with van der Waals surface area (Å²) < 4.78 is 5.52. The Hall–Kier alpha value is -0.550. The van der Waals surface area contributed by atoms with Gasteiger partial charge in [0.2, 0.25) is 5.89 Å². The van der Waals surface area contributed by atoms with E-state index >= 15 is 0 Å². The Balaban J connectivity index is 2.43. The average Bonchev–Trinajstić information content (AvgIpc) is 2.71.